The van der Waals surface area contributed by atoms with Gasteiger partial charge in [-0.15, -0.1) is 0 Å². The average molecular weight is 369 g/mol. The van der Waals surface area contributed by atoms with E-state index < -0.39 is 6.04 Å². The zero-order valence-corrected chi connectivity index (χ0v) is 15.8. The second-order valence-corrected chi connectivity index (χ2v) is 7.36. The number of likely N-dealkylation sites (tertiary alicyclic amines) is 1. The lowest BCUT2D eigenvalue weighted by molar-refractivity contribution is -0.134. The Morgan fingerprint density at radius 1 is 1.15 bits per heavy atom. The lowest BCUT2D eigenvalue weighted by atomic mass is 9.95. The van der Waals surface area contributed by atoms with Crippen LogP contribution in [0.25, 0.3) is 0 Å². The van der Waals surface area contributed by atoms with Gasteiger partial charge in [0.1, 0.15) is 6.04 Å². The Kier molecular flexibility index (Phi) is 5.94. The van der Waals surface area contributed by atoms with Crippen LogP contribution < -0.4 is 10.2 Å². The number of aryl methyl sites for hydroxylation is 1. The van der Waals surface area contributed by atoms with Crippen LogP contribution in [0.3, 0.4) is 0 Å². The number of nitrogens with zero attached hydrogens (tertiary/aromatic N) is 2. The Bertz CT molecular complexity index is 729. The van der Waals surface area contributed by atoms with Gasteiger partial charge in [0, 0.05) is 25.3 Å². The molecular weight excluding hydrogens is 342 g/mol. The van der Waals surface area contributed by atoms with Gasteiger partial charge < -0.3 is 15.1 Å². The molecule has 2 aliphatic rings. The van der Waals surface area contributed by atoms with Gasteiger partial charge in [-0.05, 0) is 50.8 Å². The fourth-order valence-corrected chi connectivity index (χ4v) is 3.80. The van der Waals surface area contributed by atoms with Crippen molar-refractivity contribution in [3.8, 4) is 0 Å². The van der Waals surface area contributed by atoms with Crippen LogP contribution >= 0.6 is 0 Å². The molecule has 6 heteroatoms. The van der Waals surface area contributed by atoms with Crippen molar-refractivity contribution >= 4 is 23.4 Å². The summed E-state index contributed by atoms with van der Waals surface area (Å²) in [6, 6.07) is 7.35. The quantitative estimate of drug-likeness (QED) is 0.826. The highest BCUT2D eigenvalue weighted by Gasteiger charge is 2.34. The molecule has 2 atom stereocenters. The Morgan fingerprint density at radius 3 is 2.56 bits per heavy atom. The Balaban J connectivity index is 1.63. The van der Waals surface area contributed by atoms with Crippen LogP contribution in [-0.4, -0.2) is 48.3 Å². The first kappa shape index (κ1) is 19.1. The standard InChI is InChI=1S/C21H27N3O3/c1-3-19(25)23-12-4-6-16(14-23)20(26)22-18-7-5-13-24(21(18)27)17-10-8-15(2)9-11-17/h3,8-11,16,18H,1,4-7,12-14H2,2H3,(H,22,26). The third kappa shape index (κ3) is 4.38. The molecule has 1 N–H and O–H groups in total. The number of amides is 3. The van der Waals surface area contributed by atoms with Crippen molar-refractivity contribution in [3.63, 3.8) is 0 Å². The van der Waals surface area contributed by atoms with E-state index in [1.54, 1.807) is 9.80 Å². The van der Waals surface area contributed by atoms with Crippen molar-refractivity contribution in [2.45, 2.75) is 38.6 Å². The van der Waals surface area contributed by atoms with Gasteiger partial charge in [-0.3, -0.25) is 14.4 Å². The summed E-state index contributed by atoms with van der Waals surface area (Å²) in [6.45, 7) is 7.22. The number of hydrogen-bond donors (Lipinski definition) is 1. The molecule has 0 spiro atoms. The van der Waals surface area contributed by atoms with Gasteiger partial charge in [-0.1, -0.05) is 24.3 Å². The van der Waals surface area contributed by atoms with Crippen LogP contribution in [0, 0.1) is 12.8 Å². The fourth-order valence-electron chi connectivity index (χ4n) is 3.80. The number of benzene rings is 1. The molecule has 144 valence electrons. The smallest absolute Gasteiger partial charge is 0.249 e. The average Bonchev–Trinajstić information content (AvgIpc) is 2.70. The van der Waals surface area contributed by atoms with E-state index in [1.807, 2.05) is 31.2 Å². The molecule has 3 amide bonds. The third-order valence-electron chi connectivity index (χ3n) is 5.38. The van der Waals surface area contributed by atoms with E-state index in [0.29, 0.717) is 26.1 Å². The molecule has 2 fully saturated rings. The first-order valence-electron chi connectivity index (χ1n) is 9.59. The predicted molar refractivity (Wildman–Crippen MR) is 104 cm³/mol. The first-order chi connectivity index (χ1) is 13.0. The van der Waals surface area contributed by atoms with Gasteiger partial charge in [-0.2, -0.15) is 0 Å². The minimum atomic E-state index is -0.502. The summed E-state index contributed by atoms with van der Waals surface area (Å²) in [5.41, 5.74) is 2.01. The van der Waals surface area contributed by atoms with E-state index >= 15 is 0 Å². The Hall–Kier alpha value is -2.63. The fraction of sp³-hybridized carbons (Fsp3) is 0.476. The summed E-state index contributed by atoms with van der Waals surface area (Å²) in [7, 11) is 0. The van der Waals surface area contributed by atoms with Crippen molar-refractivity contribution in [3.05, 3.63) is 42.5 Å². The number of rotatable bonds is 4. The maximum atomic E-state index is 12.9. The normalized spacial score (nSPS) is 23.1. The Morgan fingerprint density at radius 2 is 1.85 bits per heavy atom. The molecule has 0 saturated carbocycles. The van der Waals surface area contributed by atoms with E-state index in [9.17, 15) is 14.4 Å². The zero-order valence-electron chi connectivity index (χ0n) is 15.8. The lowest BCUT2D eigenvalue weighted by Crippen LogP contribution is -2.55. The van der Waals surface area contributed by atoms with Gasteiger partial charge >= 0.3 is 0 Å². The van der Waals surface area contributed by atoms with Gasteiger partial charge in [-0.25, -0.2) is 0 Å². The summed E-state index contributed by atoms with van der Waals surface area (Å²) in [6.07, 6.45) is 4.29. The number of piperidine rings is 2. The second kappa shape index (κ2) is 8.37. The van der Waals surface area contributed by atoms with Gasteiger partial charge in [0.2, 0.25) is 17.7 Å². The van der Waals surface area contributed by atoms with E-state index in [-0.39, 0.29) is 23.6 Å². The SMILES string of the molecule is C=CC(=O)N1CCCC(C(=O)NC2CCCN(c3ccc(C)cc3)C2=O)C1. The Labute approximate surface area is 160 Å². The lowest BCUT2D eigenvalue weighted by Gasteiger charge is -2.35. The number of carbonyl (C=O) groups is 3. The van der Waals surface area contributed by atoms with E-state index in [1.165, 1.54) is 6.08 Å². The molecular formula is C21H27N3O3. The largest absolute Gasteiger partial charge is 0.344 e. The van der Waals surface area contributed by atoms with E-state index in [0.717, 1.165) is 30.5 Å². The van der Waals surface area contributed by atoms with Crippen LogP contribution in [0.5, 0.6) is 0 Å². The molecule has 0 aromatic heterocycles. The summed E-state index contributed by atoms with van der Waals surface area (Å²) < 4.78 is 0. The highest BCUT2D eigenvalue weighted by Crippen LogP contribution is 2.23. The molecule has 2 heterocycles. The predicted octanol–water partition coefficient (Wildman–Crippen LogP) is 2.03. The topological polar surface area (TPSA) is 69.7 Å². The van der Waals surface area contributed by atoms with E-state index in [4.69, 9.17) is 0 Å². The molecule has 1 aromatic carbocycles. The zero-order chi connectivity index (χ0) is 19.4. The van der Waals surface area contributed by atoms with E-state index in [2.05, 4.69) is 11.9 Å². The van der Waals surface area contributed by atoms with Gasteiger partial charge in [0.05, 0.1) is 5.92 Å². The van der Waals surface area contributed by atoms with Crippen molar-refractivity contribution in [1.29, 1.82) is 0 Å². The minimum absolute atomic E-state index is 0.0618. The molecule has 6 nitrogen and oxygen atoms in total. The van der Waals surface area contributed by atoms with Crippen LogP contribution in [-0.2, 0) is 14.4 Å². The summed E-state index contributed by atoms with van der Waals surface area (Å²) in [5, 5.41) is 2.93. The number of anilines is 1. The minimum Gasteiger partial charge on any atom is -0.344 e. The van der Waals surface area contributed by atoms with Crippen LogP contribution in [0.15, 0.2) is 36.9 Å². The summed E-state index contributed by atoms with van der Waals surface area (Å²) in [5.74, 6) is -0.619. The van der Waals surface area contributed by atoms with Crippen LogP contribution in [0.1, 0.15) is 31.2 Å². The summed E-state index contributed by atoms with van der Waals surface area (Å²) in [4.78, 5) is 40.8. The van der Waals surface area contributed by atoms with Gasteiger partial charge in [0.25, 0.3) is 0 Å². The maximum absolute atomic E-state index is 12.9. The number of hydrogen-bond acceptors (Lipinski definition) is 3. The van der Waals surface area contributed by atoms with Crippen molar-refractivity contribution in [1.82, 2.24) is 10.2 Å². The van der Waals surface area contributed by atoms with Crippen LogP contribution in [0.4, 0.5) is 5.69 Å². The maximum Gasteiger partial charge on any atom is 0.249 e. The molecule has 0 aliphatic carbocycles. The molecule has 2 unspecified atom stereocenters. The monoisotopic (exact) mass is 369 g/mol. The molecule has 0 bridgehead atoms. The molecule has 3 rings (SSSR count). The number of nitrogens with one attached hydrogen (secondary N) is 1. The van der Waals surface area contributed by atoms with Crippen LogP contribution in [0.2, 0.25) is 0 Å². The van der Waals surface area contributed by atoms with Crippen molar-refractivity contribution < 1.29 is 14.4 Å². The third-order valence-corrected chi connectivity index (χ3v) is 5.38. The highest BCUT2D eigenvalue weighted by atomic mass is 16.2. The number of carbonyl (C=O) groups excluding carboxylic acids is 3. The second-order valence-electron chi connectivity index (χ2n) is 7.36. The highest BCUT2D eigenvalue weighted by molar-refractivity contribution is 6.00. The van der Waals surface area contributed by atoms with Gasteiger partial charge in [0.15, 0.2) is 0 Å². The molecule has 2 aliphatic heterocycles. The molecule has 2 saturated heterocycles. The van der Waals surface area contributed by atoms with Crippen molar-refractivity contribution in [2.24, 2.45) is 5.92 Å². The first-order valence-corrected chi connectivity index (χ1v) is 9.59. The molecule has 0 radical (unpaired) electrons. The van der Waals surface area contributed by atoms with Crippen molar-refractivity contribution in [2.75, 3.05) is 24.5 Å². The molecule has 27 heavy (non-hydrogen) atoms. The summed E-state index contributed by atoms with van der Waals surface area (Å²) >= 11 is 0. The molecule has 1 aromatic rings.